The van der Waals surface area contributed by atoms with Crippen molar-refractivity contribution < 1.29 is 26.7 Å². The molecule has 0 heterocycles. The molecule has 1 aromatic carbocycles. The van der Waals surface area contributed by atoms with Crippen molar-refractivity contribution in [2.75, 3.05) is 0 Å². The number of allylic oxidation sites excluding steroid dienone is 4. The standard InChI is InChI=1S/C30H39F5O/c1-2-3-20-6-12-23(13-7-20)24-14-8-21(9-15-24)4-5-22-10-16-25(17-11-22)30(34,35)36-26-18-27(31)29(33)28(32)19-26/h4-6,18-19,21-25H,2-3,7-17H2,1H3/b5-4+. The summed E-state index contributed by atoms with van der Waals surface area (Å²) in [6.07, 6.45) is 16.7. The third-order valence-corrected chi connectivity index (χ3v) is 8.71. The molecule has 0 aromatic heterocycles. The van der Waals surface area contributed by atoms with Crippen molar-refractivity contribution >= 4 is 0 Å². The Morgan fingerprint density at radius 3 is 1.94 bits per heavy atom. The second-order valence-corrected chi connectivity index (χ2v) is 11.2. The summed E-state index contributed by atoms with van der Waals surface area (Å²) in [4.78, 5) is 0. The lowest BCUT2D eigenvalue weighted by Crippen LogP contribution is -2.37. The van der Waals surface area contributed by atoms with E-state index in [1.807, 2.05) is 0 Å². The van der Waals surface area contributed by atoms with E-state index in [0.29, 0.717) is 30.9 Å². The Labute approximate surface area is 212 Å². The van der Waals surface area contributed by atoms with Gasteiger partial charge >= 0.3 is 6.11 Å². The molecule has 0 bridgehead atoms. The zero-order chi connectivity index (χ0) is 25.7. The molecule has 0 saturated heterocycles. The first-order valence-corrected chi connectivity index (χ1v) is 13.8. The second kappa shape index (κ2) is 12.1. The van der Waals surface area contributed by atoms with Crippen LogP contribution in [0.4, 0.5) is 22.0 Å². The second-order valence-electron chi connectivity index (χ2n) is 11.2. The van der Waals surface area contributed by atoms with Gasteiger partial charge in [0, 0.05) is 12.1 Å². The van der Waals surface area contributed by atoms with E-state index in [4.69, 9.17) is 0 Å². The van der Waals surface area contributed by atoms with Crippen molar-refractivity contribution in [3.8, 4) is 5.75 Å². The van der Waals surface area contributed by atoms with Gasteiger partial charge in [0.05, 0.1) is 5.92 Å². The Hall–Kier alpha value is -1.85. The van der Waals surface area contributed by atoms with Crippen molar-refractivity contribution in [2.45, 2.75) is 96.5 Å². The van der Waals surface area contributed by atoms with Crippen molar-refractivity contribution in [2.24, 2.45) is 29.6 Å². The van der Waals surface area contributed by atoms with E-state index in [-0.39, 0.29) is 18.8 Å². The molecular formula is C30H39F5O. The highest BCUT2D eigenvalue weighted by Crippen LogP contribution is 2.43. The zero-order valence-electron chi connectivity index (χ0n) is 21.3. The summed E-state index contributed by atoms with van der Waals surface area (Å²) in [5.41, 5.74) is 1.66. The van der Waals surface area contributed by atoms with Crippen LogP contribution in [0.3, 0.4) is 0 Å². The van der Waals surface area contributed by atoms with Crippen LogP contribution in [0, 0.1) is 47.0 Å². The molecule has 0 N–H and O–H groups in total. The highest BCUT2D eigenvalue weighted by Gasteiger charge is 2.44. The van der Waals surface area contributed by atoms with Crippen molar-refractivity contribution in [1.29, 1.82) is 0 Å². The van der Waals surface area contributed by atoms with Crippen LogP contribution in [0.25, 0.3) is 0 Å². The monoisotopic (exact) mass is 510 g/mol. The number of hydrogen-bond acceptors (Lipinski definition) is 1. The molecule has 0 aliphatic heterocycles. The van der Waals surface area contributed by atoms with Gasteiger partial charge in [-0.25, -0.2) is 13.2 Å². The van der Waals surface area contributed by atoms with Gasteiger partial charge in [0.15, 0.2) is 17.5 Å². The smallest absolute Gasteiger partial charge is 0.400 e. The van der Waals surface area contributed by atoms with Gasteiger partial charge in [0.1, 0.15) is 5.75 Å². The average molecular weight is 511 g/mol. The van der Waals surface area contributed by atoms with Crippen LogP contribution in [-0.2, 0) is 0 Å². The van der Waals surface area contributed by atoms with Crippen molar-refractivity contribution in [3.05, 3.63) is 53.4 Å². The molecule has 3 aliphatic rings. The van der Waals surface area contributed by atoms with Crippen LogP contribution in [0.5, 0.6) is 5.75 Å². The normalized spacial score (nSPS) is 29.8. The lowest BCUT2D eigenvalue weighted by atomic mass is 9.71. The summed E-state index contributed by atoms with van der Waals surface area (Å²) < 4.78 is 73.7. The predicted octanol–water partition coefficient (Wildman–Crippen LogP) is 9.77. The summed E-state index contributed by atoms with van der Waals surface area (Å²) in [6, 6.07) is 0.925. The number of hydrogen-bond donors (Lipinski definition) is 0. The Balaban J connectivity index is 1.20. The maximum Gasteiger partial charge on any atom is 0.400 e. The van der Waals surface area contributed by atoms with Crippen LogP contribution in [0.1, 0.15) is 90.4 Å². The van der Waals surface area contributed by atoms with Gasteiger partial charge in [0.2, 0.25) is 0 Å². The first-order chi connectivity index (χ1) is 17.2. The first kappa shape index (κ1) is 27.2. The molecule has 1 nitrogen and oxygen atoms in total. The lowest BCUT2D eigenvalue weighted by molar-refractivity contribution is -0.223. The van der Waals surface area contributed by atoms with Crippen LogP contribution in [-0.4, -0.2) is 6.11 Å². The molecule has 1 unspecified atom stereocenters. The van der Waals surface area contributed by atoms with E-state index in [1.165, 1.54) is 57.8 Å². The van der Waals surface area contributed by atoms with Crippen LogP contribution >= 0.6 is 0 Å². The van der Waals surface area contributed by atoms with Gasteiger partial charge in [-0.2, -0.15) is 8.78 Å². The number of benzene rings is 1. The summed E-state index contributed by atoms with van der Waals surface area (Å²) in [5.74, 6) is -3.96. The van der Waals surface area contributed by atoms with E-state index in [1.54, 1.807) is 5.57 Å². The number of rotatable bonds is 8. The van der Waals surface area contributed by atoms with Gasteiger partial charge in [-0.05, 0) is 101 Å². The third kappa shape index (κ3) is 6.92. The molecule has 1 aromatic rings. The summed E-state index contributed by atoms with van der Waals surface area (Å²) >= 11 is 0. The number of halogens is 5. The van der Waals surface area contributed by atoms with Crippen LogP contribution < -0.4 is 4.74 Å². The molecule has 0 radical (unpaired) electrons. The fourth-order valence-corrected chi connectivity index (χ4v) is 6.49. The van der Waals surface area contributed by atoms with E-state index in [9.17, 15) is 22.0 Å². The Kier molecular flexibility index (Phi) is 9.16. The Bertz CT molecular complexity index is 900. The molecule has 0 spiro atoms. The number of alkyl halides is 2. The highest BCUT2D eigenvalue weighted by atomic mass is 19.3. The molecule has 200 valence electrons. The molecule has 6 heteroatoms. The lowest BCUT2D eigenvalue weighted by Gasteiger charge is -2.35. The summed E-state index contributed by atoms with van der Waals surface area (Å²) in [5, 5.41) is 0. The van der Waals surface area contributed by atoms with E-state index in [2.05, 4.69) is 29.9 Å². The predicted molar refractivity (Wildman–Crippen MR) is 132 cm³/mol. The fourth-order valence-electron chi connectivity index (χ4n) is 6.49. The first-order valence-electron chi connectivity index (χ1n) is 13.8. The summed E-state index contributed by atoms with van der Waals surface area (Å²) in [7, 11) is 0. The van der Waals surface area contributed by atoms with Gasteiger partial charge in [-0.1, -0.05) is 37.1 Å². The quantitative estimate of drug-likeness (QED) is 0.192. The molecule has 1 atom stereocenters. The SMILES string of the molecule is CCCC1=CCC(C2CCC(/C=C/C3CCC(C(F)(F)Oc4cc(F)c(F)c(F)c4)CC3)CC2)CC1. The largest absolute Gasteiger partial charge is 0.432 e. The minimum atomic E-state index is -3.56. The van der Waals surface area contributed by atoms with Crippen molar-refractivity contribution in [3.63, 3.8) is 0 Å². The molecule has 3 aliphatic carbocycles. The minimum absolute atomic E-state index is 0.274. The van der Waals surface area contributed by atoms with Gasteiger partial charge in [0.25, 0.3) is 0 Å². The van der Waals surface area contributed by atoms with Gasteiger partial charge < -0.3 is 4.74 Å². The maximum absolute atomic E-state index is 14.6. The fraction of sp³-hybridized carbons (Fsp3) is 0.667. The highest BCUT2D eigenvalue weighted by molar-refractivity contribution is 5.25. The molecular weight excluding hydrogens is 471 g/mol. The van der Waals surface area contributed by atoms with E-state index < -0.39 is 35.2 Å². The van der Waals surface area contributed by atoms with Gasteiger partial charge in [-0.3, -0.25) is 0 Å². The zero-order valence-corrected chi connectivity index (χ0v) is 21.3. The Morgan fingerprint density at radius 1 is 0.833 bits per heavy atom. The van der Waals surface area contributed by atoms with Crippen LogP contribution in [0.2, 0.25) is 0 Å². The third-order valence-electron chi connectivity index (χ3n) is 8.71. The topological polar surface area (TPSA) is 9.23 Å². The number of ether oxygens (including phenoxy) is 1. The molecule has 4 rings (SSSR count). The van der Waals surface area contributed by atoms with Gasteiger partial charge in [-0.15, -0.1) is 0 Å². The van der Waals surface area contributed by atoms with E-state index >= 15 is 0 Å². The van der Waals surface area contributed by atoms with E-state index in [0.717, 1.165) is 11.8 Å². The maximum atomic E-state index is 14.6. The molecule has 0 amide bonds. The molecule has 2 saturated carbocycles. The Morgan fingerprint density at radius 2 is 1.42 bits per heavy atom. The van der Waals surface area contributed by atoms with Crippen molar-refractivity contribution in [1.82, 2.24) is 0 Å². The average Bonchev–Trinajstić information content (AvgIpc) is 2.87. The minimum Gasteiger partial charge on any atom is -0.432 e. The summed E-state index contributed by atoms with van der Waals surface area (Å²) in [6.45, 7) is 2.25. The molecule has 36 heavy (non-hydrogen) atoms. The molecule has 2 fully saturated rings. The van der Waals surface area contributed by atoms with Crippen LogP contribution in [0.15, 0.2) is 35.9 Å².